The number of benzene rings is 2. The Bertz CT molecular complexity index is 1030. The molecule has 0 bridgehead atoms. The lowest BCUT2D eigenvalue weighted by Gasteiger charge is -2.29. The van der Waals surface area contributed by atoms with Gasteiger partial charge in [0.05, 0.1) is 24.5 Å². The molecule has 2 aliphatic rings. The van der Waals surface area contributed by atoms with Crippen LogP contribution in [0.15, 0.2) is 42.1 Å². The molecule has 2 aliphatic heterocycles. The van der Waals surface area contributed by atoms with Crippen LogP contribution in [0.3, 0.4) is 0 Å². The summed E-state index contributed by atoms with van der Waals surface area (Å²) in [4.78, 5) is 30.5. The van der Waals surface area contributed by atoms with E-state index in [9.17, 15) is 9.59 Å². The summed E-state index contributed by atoms with van der Waals surface area (Å²) in [5, 5.41) is 0. The first-order chi connectivity index (χ1) is 13.9. The van der Waals surface area contributed by atoms with Gasteiger partial charge in [-0.15, -0.1) is 0 Å². The number of aryl methyl sites for hydroxylation is 4. The quantitative estimate of drug-likeness (QED) is 0.753. The summed E-state index contributed by atoms with van der Waals surface area (Å²) in [7, 11) is 0. The van der Waals surface area contributed by atoms with Crippen molar-refractivity contribution in [1.29, 1.82) is 0 Å². The Labute approximate surface area is 171 Å². The van der Waals surface area contributed by atoms with E-state index in [1.54, 1.807) is 0 Å². The van der Waals surface area contributed by atoms with Gasteiger partial charge in [0.2, 0.25) is 0 Å². The fraction of sp³-hybridized carbons (Fsp3) is 0.333. The molecule has 0 radical (unpaired) electrons. The summed E-state index contributed by atoms with van der Waals surface area (Å²) >= 11 is 0. The van der Waals surface area contributed by atoms with Gasteiger partial charge < -0.3 is 9.64 Å². The molecule has 150 valence electrons. The second-order valence-electron chi connectivity index (χ2n) is 7.86. The first-order valence-corrected chi connectivity index (χ1v) is 9.99. The molecule has 2 aromatic rings. The molecule has 1 fully saturated rings. The molecule has 2 aromatic carbocycles. The Morgan fingerprint density at radius 1 is 0.793 bits per heavy atom. The van der Waals surface area contributed by atoms with Crippen LogP contribution in [0, 0.1) is 27.7 Å². The zero-order valence-corrected chi connectivity index (χ0v) is 17.4. The van der Waals surface area contributed by atoms with Gasteiger partial charge in [-0.1, -0.05) is 29.8 Å². The summed E-state index contributed by atoms with van der Waals surface area (Å²) in [6.45, 7) is 10.3. The molecule has 2 heterocycles. The van der Waals surface area contributed by atoms with Gasteiger partial charge in [-0.3, -0.25) is 9.59 Å². The van der Waals surface area contributed by atoms with Gasteiger partial charge in [0, 0.05) is 13.1 Å². The molecule has 5 heteroatoms. The molecule has 0 aliphatic carbocycles. The normalized spacial score (nSPS) is 17.5. The van der Waals surface area contributed by atoms with Crippen molar-refractivity contribution in [3.05, 3.63) is 69.9 Å². The average Bonchev–Trinajstić information content (AvgIpc) is 2.95. The monoisotopic (exact) mass is 390 g/mol. The SMILES string of the molecule is Cc1ccc(C2=C(N3CCOCC3)C(=O)N(c3ccc(C)c(C)c3)C2=O)c(C)c1. The Morgan fingerprint density at radius 3 is 2.17 bits per heavy atom. The fourth-order valence-electron chi connectivity index (χ4n) is 4.03. The lowest BCUT2D eigenvalue weighted by Crippen LogP contribution is -2.40. The second-order valence-corrected chi connectivity index (χ2v) is 7.86. The first kappa shape index (κ1) is 19.4. The van der Waals surface area contributed by atoms with E-state index in [4.69, 9.17) is 4.74 Å². The lowest BCUT2D eigenvalue weighted by molar-refractivity contribution is -0.121. The van der Waals surface area contributed by atoms with E-state index in [0.717, 1.165) is 27.8 Å². The van der Waals surface area contributed by atoms with E-state index in [2.05, 4.69) is 6.07 Å². The van der Waals surface area contributed by atoms with Gasteiger partial charge >= 0.3 is 0 Å². The van der Waals surface area contributed by atoms with Crippen LogP contribution < -0.4 is 4.90 Å². The number of imide groups is 1. The van der Waals surface area contributed by atoms with E-state index in [1.165, 1.54) is 4.90 Å². The van der Waals surface area contributed by atoms with Crippen molar-refractivity contribution >= 4 is 23.1 Å². The predicted molar refractivity (Wildman–Crippen MR) is 114 cm³/mol. The Balaban J connectivity index is 1.86. The molecule has 0 atom stereocenters. The zero-order chi connectivity index (χ0) is 20.7. The van der Waals surface area contributed by atoms with Crippen molar-refractivity contribution in [2.45, 2.75) is 27.7 Å². The van der Waals surface area contributed by atoms with Crippen LogP contribution in [-0.2, 0) is 14.3 Å². The van der Waals surface area contributed by atoms with Crippen molar-refractivity contribution in [3.63, 3.8) is 0 Å². The highest BCUT2D eigenvalue weighted by molar-refractivity contribution is 6.45. The predicted octanol–water partition coefficient (Wildman–Crippen LogP) is 3.54. The minimum atomic E-state index is -0.258. The van der Waals surface area contributed by atoms with Crippen LogP contribution in [0.5, 0.6) is 0 Å². The number of morpholine rings is 1. The summed E-state index contributed by atoms with van der Waals surface area (Å²) in [6.07, 6.45) is 0. The van der Waals surface area contributed by atoms with E-state index < -0.39 is 0 Å². The third-order valence-corrected chi connectivity index (χ3v) is 5.79. The summed E-state index contributed by atoms with van der Waals surface area (Å²) in [6, 6.07) is 11.7. The number of anilines is 1. The molecule has 0 unspecified atom stereocenters. The van der Waals surface area contributed by atoms with Gasteiger partial charge in [0.25, 0.3) is 11.8 Å². The van der Waals surface area contributed by atoms with E-state index in [1.807, 2.05) is 62.9 Å². The first-order valence-electron chi connectivity index (χ1n) is 9.99. The number of ether oxygens (including phenoxy) is 1. The number of amides is 2. The van der Waals surface area contributed by atoms with Gasteiger partial charge in [-0.2, -0.15) is 0 Å². The summed E-state index contributed by atoms with van der Waals surface area (Å²) < 4.78 is 5.47. The maximum Gasteiger partial charge on any atom is 0.282 e. The van der Waals surface area contributed by atoms with E-state index in [-0.39, 0.29) is 11.8 Å². The standard InChI is InChI=1S/C24H26N2O3/c1-15-5-8-20(18(4)13-15)21-22(25-9-11-29-12-10-25)24(28)26(23(21)27)19-7-6-16(2)17(3)14-19/h5-8,13-14H,9-12H2,1-4H3. The average molecular weight is 390 g/mol. The van der Waals surface area contributed by atoms with Crippen molar-refractivity contribution < 1.29 is 14.3 Å². The maximum atomic E-state index is 13.6. The minimum absolute atomic E-state index is 0.255. The van der Waals surface area contributed by atoms with Crippen molar-refractivity contribution in [2.24, 2.45) is 0 Å². The molecule has 2 amide bonds. The Kier molecular flexibility index (Phi) is 5.01. The van der Waals surface area contributed by atoms with Crippen LogP contribution in [0.1, 0.15) is 27.8 Å². The molecular weight excluding hydrogens is 364 g/mol. The summed E-state index contributed by atoms with van der Waals surface area (Å²) in [5.74, 6) is -0.512. The van der Waals surface area contributed by atoms with Crippen LogP contribution in [0.2, 0.25) is 0 Å². The van der Waals surface area contributed by atoms with Gasteiger partial charge in [-0.25, -0.2) is 4.90 Å². The summed E-state index contributed by atoms with van der Waals surface area (Å²) in [5.41, 5.74) is 6.72. The van der Waals surface area contributed by atoms with Crippen molar-refractivity contribution in [3.8, 4) is 0 Å². The van der Waals surface area contributed by atoms with Crippen molar-refractivity contribution in [1.82, 2.24) is 4.90 Å². The van der Waals surface area contributed by atoms with E-state index >= 15 is 0 Å². The highest BCUT2D eigenvalue weighted by Gasteiger charge is 2.43. The molecule has 0 spiro atoms. The Morgan fingerprint density at radius 2 is 1.52 bits per heavy atom. The Hall–Kier alpha value is -2.92. The van der Waals surface area contributed by atoms with Gasteiger partial charge in [-0.05, 0) is 62.1 Å². The largest absolute Gasteiger partial charge is 0.378 e. The van der Waals surface area contributed by atoms with Crippen LogP contribution >= 0.6 is 0 Å². The number of hydrogen-bond acceptors (Lipinski definition) is 4. The van der Waals surface area contributed by atoms with Gasteiger partial charge in [0.1, 0.15) is 5.70 Å². The molecule has 1 saturated heterocycles. The molecule has 0 saturated carbocycles. The van der Waals surface area contributed by atoms with Crippen molar-refractivity contribution in [2.75, 3.05) is 31.2 Å². The number of nitrogens with zero attached hydrogens (tertiary/aromatic N) is 2. The van der Waals surface area contributed by atoms with E-state index in [0.29, 0.717) is 43.3 Å². The molecular formula is C24H26N2O3. The molecule has 0 aromatic heterocycles. The number of hydrogen-bond donors (Lipinski definition) is 0. The third-order valence-electron chi connectivity index (χ3n) is 5.79. The topological polar surface area (TPSA) is 49.9 Å². The number of carbonyl (C=O) groups excluding carboxylic acids is 2. The third kappa shape index (κ3) is 3.36. The molecule has 5 nitrogen and oxygen atoms in total. The number of carbonyl (C=O) groups is 2. The van der Waals surface area contributed by atoms with Crippen LogP contribution in [0.4, 0.5) is 5.69 Å². The van der Waals surface area contributed by atoms with Crippen LogP contribution in [0.25, 0.3) is 5.57 Å². The maximum absolute atomic E-state index is 13.6. The van der Waals surface area contributed by atoms with Gasteiger partial charge in [0.15, 0.2) is 0 Å². The number of rotatable bonds is 3. The second kappa shape index (κ2) is 7.48. The highest BCUT2D eigenvalue weighted by atomic mass is 16.5. The fourth-order valence-corrected chi connectivity index (χ4v) is 4.03. The molecule has 29 heavy (non-hydrogen) atoms. The highest BCUT2D eigenvalue weighted by Crippen LogP contribution is 2.36. The molecule has 4 rings (SSSR count). The minimum Gasteiger partial charge on any atom is -0.378 e. The zero-order valence-electron chi connectivity index (χ0n) is 17.4. The van der Waals surface area contributed by atoms with Crippen LogP contribution in [-0.4, -0.2) is 43.0 Å². The smallest absolute Gasteiger partial charge is 0.282 e. The lowest BCUT2D eigenvalue weighted by atomic mass is 9.97. The molecule has 0 N–H and O–H groups in total.